The summed E-state index contributed by atoms with van der Waals surface area (Å²) in [6.45, 7) is 5.62. The fraction of sp³-hybridized carbons (Fsp3) is 0.727. The first-order chi connectivity index (χ1) is 8.50. The Morgan fingerprint density at radius 3 is 2.11 bits per heavy atom. The quantitative estimate of drug-likeness (QED) is 0.739. The van der Waals surface area contributed by atoms with Crippen LogP contribution >= 0.6 is 0 Å². The maximum absolute atomic E-state index is 5.57. The summed E-state index contributed by atoms with van der Waals surface area (Å²) in [4.78, 5) is 12.1. The van der Waals surface area contributed by atoms with E-state index in [1.165, 1.54) is 14.2 Å². The van der Waals surface area contributed by atoms with Gasteiger partial charge in [0, 0.05) is 6.54 Å². The maximum Gasteiger partial charge on any atom is 0.324 e. The summed E-state index contributed by atoms with van der Waals surface area (Å²) in [5.74, 6) is 0.434. The van der Waals surface area contributed by atoms with Gasteiger partial charge in [-0.3, -0.25) is 0 Å². The molecule has 0 radical (unpaired) electrons. The van der Waals surface area contributed by atoms with Gasteiger partial charge in [0.15, 0.2) is 0 Å². The molecule has 0 aliphatic carbocycles. The first-order valence-electron chi connectivity index (χ1n) is 5.79. The van der Waals surface area contributed by atoms with Crippen molar-refractivity contribution in [1.82, 2.24) is 15.0 Å². The lowest BCUT2D eigenvalue weighted by Crippen LogP contribution is -2.26. The number of rotatable bonds is 7. The van der Waals surface area contributed by atoms with Gasteiger partial charge in [-0.1, -0.05) is 13.8 Å². The predicted octanol–water partition coefficient (Wildman–Crippen LogP) is 0.676. The Bertz CT molecular complexity index is 361. The van der Waals surface area contributed by atoms with E-state index in [1.54, 1.807) is 0 Å². The van der Waals surface area contributed by atoms with Gasteiger partial charge in [0.2, 0.25) is 5.95 Å². The molecule has 3 N–H and O–H groups in total. The van der Waals surface area contributed by atoms with Crippen LogP contribution in [0.3, 0.4) is 0 Å². The highest BCUT2D eigenvalue weighted by Gasteiger charge is 2.17. The van der Waals surface area contributed by atoms with Crippen LogP contribution in [0.25, 0.3) is 0 Å². The molecule has 0 saturated carbocycles. The van der Waals surface area contributed by atoms with Gasteiger partial charge < -0.3 is 20.5 Å². The lowest BCUT2D eigenvalue weighted by atomic mass is 9.89. The molecule has 18 heavy (non-hydrogen) atoms. The SMILES string of the molecule is COc1nc(NCC(C)(C)CCN)nc(OC)n1. The molecule has 0 spiro atoms. The molecule has 7 heteroatoms. The highest BCUT2D eigenvalue weighted by Crippen LogP contribution is 2.20. The van der Waals surface area contributed by atoms with E-state index in [0.717, 1.165) is 6.42 Å². The van der Waals surface area contributed by atoms with Crippen molar-refractivity contribution >= 4 is 5.95 Å². The van der Waals surface area contributed by atoms with E-state index in [-0.39, 0.29) is 17.4 Å². The molecule has 0 aromatic carbocycles. The number of nitrogens with two attached hydrogens (primary N) is 1. The van der Waals surface area contributed by atoms with Crippen LogP contribution < -0.4 is 20.5 Å². The van der Waals surface area contributed by atoms with Crippen molar-refractivity contribution in [2.45, 2.75) is 20.3 Å². The van der Waals surface area contributed by atoms with Crippen LogP contribution in [0, 0.1) is 5.41 Å². The van der Waals surface area contributed by atoms with Crippen LogP contribution in [0.4, 0.5) is 5.95 Å². The van der Waals surface area contributed by atoms with Gasteiger partial charge in [-0.05, 0) is 18.4 Å². The third-order valence-electron chi connectivity index (χ3n) is 2.51. The summed E-state index contributed by atoms with van der Waals surface area (Å²) in [6, 6.07) is 0.446. The third-order valence-corrected chi connectivity index (χ3v) is 2.51. The number of nitrogens with zero attached hydrogens (tertiary/aromatic N) is 3. The first-order valence-corrected chi connectivity index (χ1v) is 5.79. The molecule has 0 atom stereocenters. The van der Waals surface area contributed by atoms with Gasteiger partial charge in [-0.2, -0.15) is 9.97 Å². The van der Waals surface area contributed by atoms with Crippen molar-refractivity contribution in [3.05, 3.63) is 0 Å². The van der Waals surface area contributed by atoms with Crippen molar-refractivity contribution in [2.24, 2.45) is 11.1 Å². The molecule has 102 valence electrons. The molecule has 1 aromatic heterocycles. The molecule has 0 unspecified atom stereocenters. The second kappa shape index (κ2) is 6.34. The molecule has 0 saturated heterocycles. The molecule has 1 rings (SSSR count). The summed E-state index contributed by atoms with van der Waals surface area (Å²) >= 11 is 0. The number of hydrogen-bond acceptors (Lipinski definition) is 7. The molecule has 0 aliphatic rings. The van der Waals surface area contributed by atoms with Gasteiger partial charge in [0.25, 0.3) is 0 Å². The normalized spacial score (nSPS) is 11.2. The van der Waals surface area contributed by atoms with Gasteiger partial charge in [-0.25, -0.2) is 0 Å². The van der Waals surface area contributed by atoms with Crippen LogP contribution in [0.15, 0.2) is 0 Å². The fourth-order valence-corrected chi connectivity index (χ4v) is 1.40. The summed E-state index contributed by atoms with van der Waals surface area (Å²) in [5, 5.41) is 3.14. The van der Waals surface area contributed by atoms with Crippen molar-refractivity contribution in [3.63, 3.8) is 0 Å². The summed E-state index contributed by atoms with van der Waals surface area (Å²) in [6.07, 6.45) is 0.916. The van der Waals surface area contributed by atoms with Crippen LogP contribution in [-0.2, 0) is 0 Å². The standard InChI is InChI=1S/C11H21N5O2/c1-11(2,5-6-12)7-13-8-14-9(17-3)16-10(15-8)18-4/h5-7,12H2,1-4H3,(H,13,14,15,16). The van der Waals surface area contributed by atoms with Gasteiger partial charge in [-0.15, -0.1) is 4.98 Å². The average Bonchev–Trinajstić information content (AvgIpc) is 2.36. The van der Waals surface area contributed by atoms with Gasteiger partial charge in [0.1, 0.15) is 0 Å². The number of anilines is 1. The molecule has 0 bridgehead atoms. The molecule has 1 aromatic rings. The second-order valence-electron chi connectivity index (χ2n) is 4.69. The number of hydrogen-bond donors (Lipinski definition) is 2. The monoisotopic (exact) mass is 255 g/mol. The minimum Gasteiger partial charge on any atom is -0.467 e. The van der Waals surface area contributed by atoms with Crippen LogP contribution in [0.2, 0.25) is 0 Å². The summed E-state index contributed by atoms with van der Waals surface area (Å²) in [7, 11) is 2.99. The smallest absolute Gasteiger partial charge is 0.324 e. The van der Waals surface area contributed by atoms with Crippen molar-refractivity contribution in [3.8, 4) is 12.0 Å². The van der Waals surface area contributed by atoms with Gasteiger partial charge in [0.05, 0.1) is 14.2 Å². The number of ether oxygens (including phenoxy) is 2. The third kappa shape index (κ3) is 4.33. The summed E-state index contributed by atoms with van der Waals surface area (Å²) < 4.78 is 9.95. The number of methoxy groups -OCH3 is 2. The molecule has 1 heterocycles. The molecular formula is C11H21N5O2. The molecule has 0 amide bonds. The Morgan fingerprint density at radius 2 is 1.67 bits per heavy atom. The van der Waals surface area contributed by atoms with Crippen molar-refractivity contribution in [1.29, 1.82) is 0 Å². The Balaban J connectivity index is 2.72. The lowest BCUT2D eigenvalue weighted by Gasteiger charge is -2.24. The van der Waals surface area contributed by atoms with E-state index in [9.17, 15) is 0 Å². The molecule has 0 aliphatic heterocycles. The van der Waals surface area contributed by atoms with E-state index in [2.05, 4.69) is 34.1 Å². The van der Waals surface area contributed by atoms with Crippen molar-refractivity contribution < 1.29 is 9.47 Å². The maximum atomic E-state index is 5.57. The van der Waals surface area contributed by atoms with E-state index in [1.807, 2.05) is 0 Å². The number of aromatic nitrogens is 3. The Hall–Kier alpha value is -1.63. The summed E-state index contributed by atoms with van der Waals surface area (Å²) in [5.41, 5.74) is 5.64. The van der Waals surface area contributed by atoms with Crippen LogP contribution in [0.5, 0.6) is 12.0 Å². The van der Waals surface area contributed by atoms with Crippen molar-refractivity contribution in [2.75, 3.05) is 32.6 Å². The largest absolute Gasteiger partial charge is 0.467 e. The topological polar surface area (TPSA) is 95.2 Å². The van der Waals surface area contributed by atoms with E-state index in [4.69, 9.17) is 15.2 Å². The van der Waals surface area contributed by atoms with E-state index >= 15 is 0 Å². The molecule has 7 nitrogen and oxygen atoms in total. The zero-order valence-electron chi connectivity index (χ0n) is 11.4. The predicted molar refractivity (Wildman–Crippen MR) is 68.9 cm³/mol. The molecular weight excluding hydrogens is 234 g/mol. The number of nitrogens with one attached hydrogen (secondary N) is 1. The van der Waals surface area contributed by atoms with Gasteiger partial charge >= 0.3 is 12.0 Å². The van der Waals surface area contributed by atoms with E-state index in [0.29, 0.717) is 19.0 Å². The lowest BCUT2D eigenvalue weighted by molar-refractivity contribution is 0.338. The first kappa shape index (κ1) is 14.4. The highest BCUT2D eigenvalue weighted by molar-refractivity contribution is 5.27. The Labute approximate surface area is 107 Å². The van der Waals surface area contributed by atoms with Crippen LogP contribution in [0.1, 0.15) is 20.3 Å². The Morgan fingerprint density at radius 1 is 1.11 bits per heavy atom. The fourth-order valence-electron chi connectivity index (χ4n) is 1.40. The zero-order valence-corrected chi connectivity index (χ0v) is 11.4. The second-order valence-corrected chi connectivity index (χ2v) is 4.69. The molecule has 0 fully saturated rings. The minimum atomic E-state index is 0.0713. The average molecular weight is 255 g/mol. The van der Waals surface area contributed by atoms with Crippen LogP contribution in [-0.4, -0.2) is 42.3 Å². The minimum absolute atomic E-state index is 0.0713. The highest BCUT2D eigenvalue weighted by atomic mass is 16.5. The Kier molecular flexibility index (Phi) is 5.08. The zero-order chi connectivity index (χ0) is 13.6. The van der Waals surface area contributed by atoms with E-state index < -0.39 is 0 Å².